The van der Waals surface area contributed by atoms with Gasteiger partial charge in [-0.25, -0.2) is 8.78 Å². The molecule has 0 spiro atoms. The molecule has 0 amide bonds. The third kappa shape index (κ3) is 3.12. The molecule has 23 heavy (non-hydrogen) atoms. The van der Waals surface area contributed by atoms with Gasteiger partial charge in [0.15, 0.2) is 0 Å². The van der Waals surface area contributed by atoms with Crippen LogP contribution in [0, 0.1) is 18.6 Å². The van der Waals surface area contributed by atoms with Gasteiger partial charge in [-0.2, -0.15) is 0 Å². The van der Waals surface area contributed by atoms with Crippen molar-refractivity contribution < 1.29 is 13.5 Å². The SMILES string of the molecule is COCCCn1c(C2CCCNC2)c(C)c2c(F)cc(F)cc21. The number of piperidine rings is 1. The van der Waals surface area contributed by atoms with E-state index in [0.717, 1.165) is 49.7 Å². The molecule has 3 rings (SSSR count). The van der Waals surface area contributed by atoms with Crippen LogP contribution in [0.25, 0.3) is 10.9 Å². The molecule has 0 bridgehead atoms. The third-order valence-corrected chi connectivity index (χ3v) is 4.79. The normalized spacial score (nSPS) is 18.7. The van der Waals surface area contributed by atoms with Crippen LogP contribution in [0.15, 0.2) is 12.1 Å². The number of rotatable bonds is 5. The second kappa shape index (κ2) is 6.97. The molecule has 0 aliphatic carbocycles. The van der Waals surface area contributed by atoms with E-state index in [4.69, 9.17) is 4.74 Å². The van der Waals surface area contributed by atoms with E-state index in [9.17, 15) is 8.78 Å². The van der Waals surface area contributed by atoms with Crippen LogP contribution in [0.2, 0.25) is 0 Å². The van der Waals surface area contributed by atoms with Crippen LogP contribution in [0.5, 0.6) is 0 Å². The Bertz CT molecular complexity index is 690. The van der Waals surface area contributed by atoms with E-state index in [1.54, 1.807) is 7.11 Å². The van der Waals surface area contributed by atoms with Gasteiger partial charge in [0, 0.05) is 49.9 Å². The Morgan fingerprint density at radius 2 is 2.17 bits per heavy atom. The van der Waals surface area contributed by atoms with Gasteiger partial charge in [-0.1, -0.05) is 0 Å². The zero-order valence-corrected chi connectivity index (χ0v) is 13.8. The predicted octanol–water partition coefficient (Wildman–Crippen LogP) is 3.73. The smallest absolute Gasteiger partial charge is 0.135 e. The quantitative estimate of drug-likeness (QED) is 0.849. The van der Waals surface area contributed by atoms with Gasteiger partial charge in [0.05, 0.1) is 5.52 Å². The van der Waals surface area contributed by atoms with Crippen LogP contribution in [0.1, 0.15) is 36.4 Å². The van der Waals surface area contributed by atoms with Crippen molar-refractivity contribution in [3.63, 3.8) is 0 Å². The Balaban J connectivity index is 2.12. The first kappa shape index (κ1) is 16.4. The number of nitrogens with one attached hydrogen (secondary N) is 1. The van der Waals surface area contributed by atoms with Gasteiger partial charge in [-0.3, -0.25) is 0 Å². The standard InChI is InChI=1S/C18H24F2N2O/c1-12-17-15(20)9-14(19)10-16(17)22(7-4-8-23-2)18(12)13-5-3-6-21-11-13/h9-10,13,21H,3-8,11H2,1-2H3. The number of hydrogen-bond donors (Lipinski definition) is 1. The third-order valence-electron chi connectivity index (χ3n) is 4.79. The van der Waals surface area contributed by atoms with Crippen molar-refractivity contribution in [2.45, 2.75) is 38.6 Å². The minimum atomic E-state index is -0.520. The van der Waals surface area contributed by atoms with Crippen molar-refractivity contribution in [1.82, 2.24) is 9.88 Å². The van der Waals surface area contributed by atoms with Crippen molar-refractivity contribution in [1.29, 1.82) is 0 Å². The first-order valence-corrected chi connectivity index (χ1v) is 8.31. The average molecular weight is 322 g/mol. The molecule has 1 N–H and O–H groups in total. The molecule has 1 atom stereocenters. The molecule has 1 unspecified atom stereocenters. The Morgan fingerprint density at radius 3 is 2.87 bits per heavy atom. The lowest BCUT2D eigenvalue weighted by Gasteiger charge is -2.25. The Labute approximate surface area is 135 Å². The summed E-state index contributed by atoms with van der Waals surface area (Å²) in [4.78, 5) is 0. The fourth-order valence-corrected chi connectivity index (χ4v) is 3.82. The Morgan fingerprint density at radius 1 is 1.35 bits per heavy atom. The summed E-state index contributed by atoms with van der Waals surface area (Å²) in [6, 6.07) is 2.44. The van der Waals surface area contributed by atoms with Crippen LogP contribution in [-0.4, -0.2) is 31.4 Å². The van der Waals surface area contributed by atoms with Crippen molar-refractivity contribution >= 4 is 10.9 Å². The first-order chi connectivity index (χ1) is 11.1. The van der Waals surface area contributed by atoms with E-state index in [2.05, 4.69) is 9.88 Å². The van der Waals surface area contributed by atoms with Gasteiger partial charge in [0.25, 0.3) is 0 Å². The Hall–Kier alpha value is -1.46. The highest BCUT2D eigenvalue weighted by atomic mass is 19.1. The summed E-state index contributed by atoms with van der Waals surface area (Å²) in [6.45, 7) is 5.24. The molecule has 1 fully saturated rings. The number of ether oxygens (including phenoxy) is 1. The first-order valence-electron chi connectivity index (χ1n) is 8.31. The van der Waals surface area contributed by atoms with E-state index >= 15 is 0 Å². The molecule has 1 aromatic heterocycles. The molecular formula is C18H24F2N2O. The molecule has 0 radical (unpaired) electrons. The highest BCUT2D eigenvalue weighted by Gasteiger charge is 2.25. The number of halogens is 2. The van der Waals surface area contributed by atoms with Gasteiger partial charge in [0.1, 0.15) is 11.6 Å². The van der Waals surface area contributed by atoms with Gasteiger partial charge < -0.3 is 14.6 Å². The second-order valence-electron chi connectivity index (χ2n) is 6.33. The number of hydrogen-bond acceptors (Lipinski definition) is 2. The molecule has 1 aliphatic heterocycles. The van der Waals surface area contributed by atoms with Crippen LogP contribution >= 0.6 is 0 Å². The summed E-state index contributed by atoms with van der Waals surface area (Å²) in [5, 5.41) is 3.98. The van der Waals surface area contributed by atoms with Gasteiger partial charge in [-0.15, -0.1) is 0 Å². The lowest BCUT2D eigenvalue weighted by atomic mass is 9.93. The molecular weight excluding hydrogens is 298 g/mol. The van der Waals surface area contributed by atoms with Crippen LogP contribution < -0.4 is 5.32 Å². The topological polar surface area (TPSA) is 26.2 Å². The van der Waals surface area contributed by atoms with Gasteiger partial charge >= 0.3 is 0 Å². The predicted molar refractivity (Wildman–Crippen MR) is 87.9 cm³/mol. The summed E-state index contributed by atoms with van der Waals surface area (Å²) in [5.74, 6) is -0.636. The van der Waals surface area contributed by atoms with Crippen molar-refractivity contribution in [3.8, 4) is 0 Å². The fourth-order valence-electron chi connectivity index (χ4n) is 3.82. The van der Waals surface area contributed by atoms with Crippen molar-refractivity contribution in [3.05, 3.63) is 35.0 Å². The number of fused-ring (bicyclic) bond motifs is 1. The molecule has 126 valence electrons. The molecule has 0 saturated carbocycles. The largest absolute Gasteiger partial charge is 0.385 e. The van der Waals surface area contributed by atoms with Gasteiger partial charge in [0.2, 0.25) is 0 Å². The number of methoxy groups -OCH3 is 1. The van der Waals surface area contributed by atoms with Crippen LogP contribution in [0.4, 0.5) is 8.78 Å². The van der Waals surface area contributed by atoms with Crippen molar-refractivity contribution in [2.24, 2.45) is 0 Å². The molecule has 2 heterocycles. The highest BCUT2D eigenvalue weighted by Crippen LogP contribution is 2.35. The summed E-state index contributed by atoms with van der Waals surface area (Å²) < 4.78 is 35.4. The monoisotopic (exact) mass is 322 g/mol. The molecule has 5 heteroatoms. The maximum atomic E-state index is 14.4. The van der Waals surface area contributed by atoms with E-state index in [-0.39, 0.29) is 0 Å². The summed E-state index contributed by atoms with van der Waals surface area (Å²) >= 11 is 0. The molecule has 3 nitrogen and oxygen atoms in total. The maximum Gasteiger partial charge on any atom is 0.135 e. The van der Waals surface area contributed by atoms with E-state index in [0.29, 0.717) is 30.0 Å². The summed E-state index contributed by atoms with van der Waals surface area (Å²) in [7, 11) is 1.67. The summed E-state index contributed by atoms with van der Waals surface area (Å²) in [5.41, 5.74) is 2.76. The second-order valence-corrected chi connectivity index (χ2v) is 6.33. The average Bonchev–Trinajstić information content (AvgIpc) is 2.81. The lowest BCUT2D eigenvalue weighted by molar-refractivity contribution is 0.190. The highest BCUT2D eigenvalue weighted by molar-refractivity contribution is 5.86. The minimum absolute atomic E-state index is 0.348. The number of aryl methyl sites for hydroxylation is 2. The van der Waals surface area contributed by atoms with Crippen molar-refractivity contribution in [2.75, 3.05) is 26.8 Å². The zero-order chi connectivity index (χ0) is 16.4. The fraction of sp³-hybridized carbons (Fsp3) is 0.556. The maximum absolute atomic E-state index is 14.4. The lowest BCUT2D eigenvalue weighted by Crippen LogP contribution is -2.30. The molecule has 1 aromatic carbocycles. The number of benzene rings is 1. The zero-order valence-electron chi connectivity index (χ0n) is 13.8. The van der Waals surface area contributed by atoms with Gasteiger partial charge in [-0.05, 0) is 44.4 Å². The Kier molecular flexibility index (Phi) is 4.97. The number of nitrogens with zero attached hydrogens (tertiary/aromatic N) is 1. The molecule has 2 aromatic rings. The van der Waals surface area contributed by atoms with Crippen LogP contribution in [0.3, 0.4) is 0 Å². The molecule has 1 saturated heterocycles. The van der Waals surface area contributed by atoms with E-state index < -0.39 is 11.6 Å². The van der Waals surface area contributed by atoms with E-state index in [1.807, 2.05) is 6.92 Å². The summed E-state index contributed by atoms with van der Waals surface area (Å²) in [6.07, 6.45) is 3.02. The minimum Gasteiger partial charge on any atom is -0.385 e. The van der Waals surface area contributed by atoms with E-state index in [1.165, 1.54) is 6.07 Å². The molecule has 1 aliphatic rings. The number of aromatic nitrogens is 1. The van der Waals surface area contributed by atoms with Crippen LogP contribution in [-0.2, 0) is 11.3 Å².